The third-order valence-corrected chi connectivity index (χ3v) is 7.20. The number of hydrogen-bond donors (Lipinski definition) is 1. The van der Waals surface area contributed by atoms with E-state index in [-0.39, 0.29) is 17.9 Å². The van der Waals surface area contributed by atoms with Crippen LogP contribution in [-0.4, -0.2) is 24.5 Å². The number of benzene rings is 3. The van der Waals surface area contributed by atoms with Crippen molar-refractivity contribution in [3.05, 3.63) is 90.3 Å². The molecule has 1 N–H and O–H groups in total. The lowest BCUT2D eigenvalue weighted by molar-refractivity contribution is -0.122. The smallest absolute Gasteiger partial charge is 0.335 e. The quantitative estimate of drug-likeness (QED) is 0.216. The first-order valence-corrected chi connectivity index (χ1v) is 13.2. The van der Waals surface area contributed by atoms with Crippen LogP contribution in [0, 0.1) is 6.92 Å². The summed E-state index contributed by atoms with van der Waals surface area (Å²) in [6, 6.07) is 12.4. The van der Waals surface area contributed by atoms with Crippen LogP contribution in [0.5, 0.6) is 11.5 Å². The summed E-state index contributed by atoms with van der Waals surface area (Å²) in [6.07, 6.45) is 1.38. The first-order chi connectivity index (χ1) is 18.1. The summed E-state index contributed by atoms with van der Waals surface area (Å²) >= 11 is 21.9. The lowest BCUT2D eigenvalue weighted by atomic mass is 10.1. The topological polar surface area (TPSA) is 84.9 Å². The fourth-order valence-corrected chi connectivity index (χ4v) is 4.95. The molecule has 0 spiro atoms. The molecule has 0 aliphatic carbocycles. The summed E-state index contributed by atoms with van der Waals surface area (Å²) in [5.74, 6) is -0.814. The minimum atomic E-state index is -0.858. The number of hydrogen-bond acceptors (Lipinski definition) is 5. The average molecular weight is 639 g/mol. The summed E-state index contributed by atoms with van der Waals surface area (Å²) in [4.78, 5) is 39.5. The molecule has 0 radical (unpaired) electrons. The van der Waals surface area contributed by atoms with Crippen molar-refractivity contribution in [2.45, 2.75) is 20.5 Å². The number of imide groups is 2. The maximum absolute atomic E-state index is 13.3. The van der Waals surface area contributed by atoms with Gasteiger partial charge in [0.1, 0.15) is 12.2 Å². The Morgan fingerprint density at radius 2 is 1.76 bits per heavy atom. The second-order valence-electron chi connectivity index (χ2n) is 8.13. The molecular weight excluding hydrogens is 619 g/mol. The largest absolute Gasteiger partial charge is 0.490 e. The fraction of sp³-hybridized carbons (Fsp3) is 0.148. The molecule has 0 aromatic heterocycles. The van der Waals surface area contributed by atoms with Crippen molar-refractivity contribution in [1.82, 2.24) is 5.32 Å². The summed E-state index contributed by atoms with van der Waals surface area (Å²) in [6.45, 7) is 3.97. The predicted octanol–water partition coefficient (Wildman–Crippen LogP) is 7.36. The van der Waals surface area contributed by atoms with Crippen LogP contribution in [0.3, 0.4) is 0 Å². The van der Waals surface area contributed by atoms with E-state index >= 15 is 0 Å². The zero-order chi connectivity index (χ0) is 27.6. The summed E-state index contributed by atoms with van der Waals surface area (Å²) < 4.78 is 12.3. The summed E-state index contributed by atoms with van der Waals surface area (Å²) in [5.41, 5.74) is 1.75. The van der Waals surface area contributed by atoms with E-state index in [4.69, 9.17) is 44.3 Å². The first-order valence-electron chi connectivity index (χ1n) is 11.3. The van der Waals surface area contributed by atoms with Crippen molar-refractivity contribution in [2.24, 2.45) is 0 Å². The molecule has 1 heterocycles. The highest BCUT2D eigenvalue weighted by molar-refractivity contribution is 9.10. The number of carbonyl (C=O) groups is 3. The van der Waals surface area contributed by atoms with E-state index in [9.17, 15) is 14.4 Å². The number of halogens is 4. The van der Waals surface area contributed by atoms with Gasteiger partial charge in [-0.15, -0.1) is 0 Å². The molecule has 0 saturated carbocycles. The molecule has 0 bridgehead atoms. The van der Waals surface area contributed by atoms with Crippen molar-refractivity contribution >= 4 is 80.3 Å². The van der Waals surface area contributed by atoms with Gasteiger partial charge in [-0.1, -0.05) is 46.9 Å². The number of carbonyl (C=O) groups excluding carboxylic acids is 3. The van der Waals surface area contributed by atoms with E-state index < -0.39 is 17.8 Å². The first kappa shape index (κ1) is 28.0. The van der Waals surface area contributed by atoms with E-state index in [2.05, 4.69) is 21.2 Å². The molecular formula is C27H20BrCl3N2O5. The van der Waals surface area contributed by atoms with E-state index in [0.29, 0.717) is 48.8 Å². The Hall–Kier alpha value is -3.04. The molecule has 0 unspecified atom stereocenters. The molecule has 4 amide bonds. The molecule has 1 fully saturated rings. The van der Waals surface area contributed by atoms with Gasteiger partial charge in [-0.3, -0.25) is 14.9 Å². The minimum Gasteiger partial charge on any atom is -0.490 e. The van der Waals surface area contributed by atoms with Crippen molar-refractivity contribution in [3.63, 3.8) is 0 Å². The Labute approximate surface area is 242 Å². The zero-order valence-electron chi connectivity index (χ0n) is 20.1. The van der Waals surface area contributed by atoms with Gasteiger partial charge in [0.15, 0.2) is 11.5 Å². The van der Waals surface area contributed by atoms with Gasteiger partial charge in [-0.05, 0) is 83.4 Å². The molecule has 1 aliphatic heterocycles. The van der Waals surface area contributed by atoms with Gasteiger partial charge in [0, 0.05) is 20.6 Å². The summed E-state index contributed by atoms with van der Waals surface area (Å²) in [7, 11) is 0. The molecule has 196 valence electrons. The van der Waals surface area contributed by atoms with Gasteiger partial charge in [0.05, 0.1) is 16.8 Å². The molecule has 1 aliphatic rings. The van der Waals surface area contributed by atoms with Gasteiger partial charge >= 0.3 is 6.03 Å². The number of urea groups is 1. The number of ether oxygens (including phenoxy) is 2. The Morgan fingerprint density at radius 3 is 2.47 bits per heavy atom. The maximum Gasteiger partial charge on any atom is 0.335 e. The number of barbiturate groups is 1. The Balaban J connectivity index is 1.68. The zero-order valence-corrected chi connectivity index (χ0v) is 24.0. The third-order valence-electron chi connectivity index (χ3n) is 5.61. The Bertz CT molecular complexity index is 1490. The monoisotopic (exact) mass is 636 g/mol. The van der Waals surface area contributed by atoms with Crippen LogP contribution in [-0.2, 0) is 16.2 Å². The van der Waals surface area contributed by atoms with Crippen LogP contribution in [0.15, 0.2) is 58.6 Å². The number of anilines is 1. The number of nitrogens with one attached hydrogen (secondary N) is 1. The third kappa shape index (κ3) is 5.83. The highest BCUT2D eigenvalue weighted by Crippen LogP contribution is 2.39. The molecule has 0 atom stereocenters. The van der Waals surface area contributed by atoms with Crippen molar-refractivity contribution in [2.75, 3.05) is 11.5 Å². The van der Waals surface area contributed by atoms with Crippen molar-refractivity contribution < 1.29 is 23.9 Å². The van der Waals surface area contributed by atoms with Gasteiger partial charge in [-0.2, -0.15) is 0 Å². The SMILES string of the molecule is CCOc1cc(/C=C2\C(=O)NC(=O)N(c3cccc(Cl)c3C)C2=O)cc(Br)c1OCc1ccc(Cl)cc1Cl. The molecule has 11 heteroatoms. The van der Waals surface area contributed by atoms with Crippen molar-refractivity contribution in [1.29, 1.82) is 0 Å². The second kappa shape index (κ2) is 11.8. The van der Waals surface area contributed by atoms with Gasteiger partial charge < -0.3 is 9.47 Å². The lowest BCUT2D eigenvalue weighted by Crippen LogP contribution is -2.54. The van der Waals surface area contributed by atoms with Crippen LogP contribution in [0.25, 0.3) is 6.08 Å². The number of amides is 4. The second-order valence-corrected chi connectivity index (χ2v) is 10.2. The average Bonchev–Trinajstić information content (AvgIpc) is 2.85. The molecule has 38 heavy (non-hydrogen) atoms. The number of nitrogens with zero attached hydrogens (tertiary/aromatic N) is 1. The normalized spacial score (nSPS) is 14.6. The minimum absolute atomic E-state index is 0.145. The molecule has 3 aromatic carbocycles. The molecule has 4 rings (SSSR count). The van der Waals surface area contributed by atoms with E-state index in [1.54, 1.807) is 55.5 Å². The van der Waals surface area contributed by atoms with Crippen LogP contribution < -0.4 is 19.7 Å². The predicted molar refractivity (Wildman–Crippen MR) is 151 cm³/mol. The van der Waals surface area contributed by atoms with Crippen molar-refractivity contribution in [3.8, 4) is 11.5 Å². The molecule has 1 saturated heterocycles. The fourth-order valence-electron chi connectivity index (χ4n) is 3.74. The summed E-state index contributed by atoms with van der Waals surface area (Å²) in [5, 5.41) is 3.57. The van der Waals surface area contributed by atoms with Gasteiger partial charge in [0.25, 0.3) is 11.8 Å². The standard InChI is InChI=1S/C27H20BrCl3N2O5/c1-3-37-23-11-15(10-19(28)24(23)38-13-16-7-8-17(29)12-21(16)31)9-18-25(34)32-27(36)33(26(18)35)22-6-4-5-20(30)14(22)2/h4-12H,3,13H2,1-2H3,(H,32,34,36)/b18-9+. The van der Waals surface area contributed by atoms with Gasteiger partial charge in [-0.25, -0.2) is 9.69 Å². The highest BCUT2D eigenvalue weighted by Gasteiger charge is 2.37. The van der Waals surface area contributed by atoms with E-state index in [0.717, 1.165) is 10.5 Å². The number of rotatable bonds is 7. The highest BCUT2D eigenvalue weighted by atomic mass is 79.9. The van der Waals surface area contributed by atoms with Crippen LogP contribution in [0.4, 0.5) is 10.5 Å². The molecule has 7 nitrogen and oxygen atoms in total. The lowest BCUT2D eigenvalue weighted by Gasteiger charge is -2.27. The van der Waals surface area contributed by atoms with Crippen LogP contribution in [0.1, 0.15) is 23.6 Å². The van der Waals surface area contributed by atoms with E-state index in [1.807, 2.05) is 6.92 Å². The molecule has 3 aromatic rings. The van der Waals surface area contributed by atoms with Gasteiger partial charge in [0.2, 0.25) is 0 Å². The van der Waals surface area contributed by atoms with Crippen LogP contribution >= 0.6 is 50.7 Å². The Kier molecular flexibility index (Phi) is 8.67. The van der Waals surface area contributed by atoms with E-state index in [1.165, 1.54) is 6.08 Å². The maximum atomic E-state index is 13.3. The van der Waals surface area contributed by atoms with Crippen LogP contribution in [0.2, 0.25) is 15.1 Å². The Morgan fingerprint density at radius 1 is 1.00 bits per heavy atom.